The smallest absolute Gasteiger partial charge is 0.127 e. The van der Waals surface area contributed by atoms with Gasteiger partial charge >= 0.3 is 0 Å². The zero-order valence-corrected chi connectivity index (χ0v) is 12.9. The van der Waals surface area contributed by atoms with E-state index in [9.17, 15) is 4.39 Å². The summed E-state index contributed by atoms with van der Waals surface area (Å²) in [6.07, 6.45) is 8.34. The molecule has 0 aromatic heterocycles. The maximum absolute atomic E-state index is 13.7. The van der Waals surface area contributed by atoms with Gasteiger partial charge in [0.05, 0.1) is 0 Å². The molecule has 1 heterocycles. The Morgan fingerprint density at radius 1 is 1.11 bits per heavy atom. The summed E-state index contributed by atoms with van der Waals surface area (Å²) in [5.74, 6) is -0.0787. The van der Waals surface area contributed by atoms with Crippen molar-refractivity contribution in [1.29, 1.82) is 0 Å². The minimum atomic E-state index is -0.0787. The van der Waals surface area contributed by atoms with E-state index in [0.29, 0.717) is 5.41 Å². The van der Waals surface area contributed by atoms with Crippen LogP contribution < -0.4 is 0 Å². The molecule has 1 aromatic carbocycles. The summed E-state index contributed by atoms with van der Waals surface area (Å²) < 4.78 is 14.7. The highest BCUT2D eigenvalue weighted by Gasteiger charge is 2.42. The van der Waals surface area contributed by atoms with Crippen LogP contribution >= 0.6 is 15.9 Å². The van der Waals surface area contributed by atoms with Crippen LogP contribution in [0.1, 0.15) is 44.1 Å². The van der Waals surface area contributed by atoms with Crippen LogP contribution in [0.4, 0.5) is 4.39 Å². The van der Waals surface area contributed by atoms with Crippen LogP contribution in [0.25, 0.3) is 0 Å². The summed E-state index contributed by atoms with van der Waals surface area (Å²) in [5.41, 5.74) is 1.39. The van der Waals surface area contributed by atoms with Gasteiger partial charge in [-0.05, 0) is 36.5 Å². The molecule has 3 heteroatoms. The number of likely N-dealkylation sites (tertiary alicyclic amines) is 1. The van der Waals surface area contributed by atoms with Gasteiger partial charge in [-0.1, -0.05) is 41.6 Å². The molecule has 0 amide bonds. The first-order valence-corrected chi connectivity index (χ1v) is 8.13. The van der Waals surface area contributed by atoms with E-state index >= 15 is 0 Å². The van der Waals surface area contributed by atoms with Crippen molar-refractivity contribution < 1.29 is 4.39 Å². The van der Waals surface area contributed by atoms with E-state index < -0.39 is 0 Å². The number of rotatable bonds is 2. The van der Waals surface area contributed by atoms with Crippen LogP contribution in [0.3, 0.4) is 0 Å². The van der Waals surface area contributed by atoms with Crippen LogP contribution in [0, 0.1) is 11.2 Å². The van der Waals surface area contributed by atoms with Gasteiger partial charge in [-0.25, -0.2) is 4.39 Å². The summed E-state index contributed by atoms with van der Waals surface area (Å²) in [6.45, 7) is 3.09. The third-order valence-corrected chi connectivity index (χ3v) is 5.18. The highest BCUT2D eigenvalue weighted by atomic mass is 79.9. The second-order valence-corrected chi connectivity index (χ2v) is 7.21. The molecule has 104 valence electrons. The quantitative estimate of drug-likeness (QED) is 0.758. The van der Waals surface area contributed by atoms with Gasteiger partial charge in [-0.15, -0.1) is 0 Å². The molecule has 0 atom stereocenters. The van der Waals surface area contributed by atoms with Crippen molar-refractivity contribution in [2.24, 2.45) is 5.41 Å². The Morgan fingerprint density at radius 2 is 1.79 bits per heavy atom. The Kier molecular flexibility index (Phi) is 3.95. The predicted molar refractivity (Wildman–Crippen MR) is 79.5 cm³/mol. The summed E-state index contributed by atoms with van der Waals surface area (Å²) in [5, 5.41) is 0. The molecule has 1 spiro atoms. The molecule has 1 saturated carbocycles. The number of hydrogen-bond acceptors (Lipinski definition) is 1. The van der Waals surface area contributed by atoms with Crippen LogP contribution in [-0.2, 0) is 6.54 Å². The molecule has 19 heavy (non-hydrogen) atoms. The second-order valence-electron chi connectivity index (χ2n) is 6.30. The maximum Gasteiger partial charge on any atom is 0.127 e. The van der Waals surface area contributed by atoms with E-state index in [2.05, 4.69) is 20.8 Å². The molecule has 1 saturated heterocycles. The van der Waals surface area contributed by atoms with Gasteiger partial charge in [-0.3, -0.25) is 4.90 Å². The third-order valence-electron chi connectivity index (χ3n) is 4.68. The van der Waals surface area contributed by atoms with Crippen LogP contribution in [-0.4, -0.2) is 18.0 Å². The van der Waals surface area contributed by atoms with Gasteiger partial charge < -0.3 is 0 Å². The first kappa shape index (κ1) is 13.6. The van der Waals surface area contributed by atoms with E-state index in [1.807, 2.05) is 6.07 Å². The molecule has 1 aliphatic carbocycles. The standard InChI is InChI=1S/C16H21BrFN/c17-14-5-6-15(18)13(9-14)10-19-11-16(12-19)7-3-1-2-4-8-16/h5-6,9H,1-4,7-8,10-12H2. The fraction of sp³-hybridized carbons (Fsp3) is 0.625. The molecule has 2 fully saturated rings. The van der Waals surface area contributed by atoms with Crippen molar-refractivity contribution in [2.45, 2.75) is 45.1 Å². The van der Waals surface area contributed by atoms with E-state index in [-0.39, 0.29) is 5.82 Å². The lowest BCUT2D eigenvalue weighted by molar-refractivity contribution is -0.0182. The molecule has 0 bridgehead atoms. The molecule has 1 nitrogen and oxygen atoms in total. The Morgan fingerprint density at radius 3 is 2.47 bits per heavy atom. The molecule has 1 aliphatic heterocycles. The van der Waals surface area contributed by atoms with Crippen molar-refractivity contribution in [2.75, 3.05) is 13.1 Å². The molecule has 0 N–H and O–H groups in total. The largest absolute Gasteiger partial charge is 0.298 e. The van der Waals surface area contributed by atoms with Gasteiger partial charge in [0, 0.05) is 29.7 Å². The second kappa shape index (κ2) is 5.53. The van der Waals surface area contributed by atoms with Crippen molar-refractivity contribution in [1.82, 2.24) is 4.90 Å². The van der Waals surface area contributed by atoms with Crippen LogP contribution in [0.5, 0.6) is 0 Å². The summed E-state index contributed by atoms with van der Waals surface area (Å²) >= 11 is 3.42. The average molecular weight is 326 g/mol. The molecule has 2 aliphatic rings. The monoisotopic (exact) mass is 325 g/mol. The fourth-order valence-corrected chi connectivity index (χ4v) is 4.12. The van der Waals surface area contributed by atoms with Gasteiger partial charge in [0.2, 0.25) is 0 Å². The average Bonchev–Trinajstić information content (AvgIpc) is 2.59. The number of benzene rings is 1. The topological polar surface area (TPSA) is 3.24 Å². The zero-order valence-electron chi connectivity index (χ0n) is 11.3. The molecule has 0 radical (unpaired) electrons. The summed E-state index contributed by atoms with van der Waals surface area (Å²) in [4.78, 5) is 2.40. The molecule has 0 unspecified atom stereocenters. The SMILES string of the molecule is Fc1ccc(Br)cc1CN1CC2(CCCCCC2)C1. The predicted octanol–water partition coefficient (Wildman–Crippen LogP) is 4.74. The minimum absolute atomic E-state index is 0.0787. The van der Waals surface area contributed by atoms with Crippen LogP contribution in [0.15, 0.2) is 22.7 Å². The van der Waals surface area contributed by atoms with Gasteiger partial charge in [0.25, 0.3) is 0 Å². The number of halogens is 2. The highest BCUT2D eigenvalue weighted by molar-refractivity contribution is 9.10. The van der Waals surface area contributed by atoms with Crippen molar-refractivity contribution in [3.8, 4) is 0 Å². The molecule has 1 aromatic rings. The lowest BCUT2D eigenvalue weighted by atomic mass is 9.73. The van der Waals surface area contributed by atoms with Crippen molar-refractivity contribution in [3.05, 3.63) is 34.1 Å². The minimum Gasteiger partial charge on any atom is -0.298 e. The number of hydrogen-bond donors (Lipinski definition) is 0. The zero-order chi connectivity index (χ0) is 13.3. The fourth-order valence-electron chi connectivity index (χ4n) is 3.71. The normalized spacial score (nSPS) is 23.1. The summed E-state index contributed by atoms with van der Waals surface area (Å²) in [6, 6.07) is 5.23. The number of nitrogens with zero attached hydrogens (tertiary/aromatic N) is 1. The molecule has 3 rings (SSSR count). The van der Waals surface area contributed by atoms with Gasteiger partial charge in [0.15, 0.2) is 0 Å². The molecular formula is C16H21BrFN. The van der Waals surface area contributed by atoms with Gasteiger partial charge in [-0.2, -0.15) is 0 Å². The third kappa shape index (κ3) is 3.03. The Balaban J connectivity index is 1.60. The molecular weight excluding hydrogens is 305 g/mol. The van der Waals surface area contributed by atoms with Gasteiger partial charge in [0.1, 0.15) is 5.82 Å². The first-order valence-electron chi connectivity index (χ1n) is 7.33. The van der Waals surface area contributed by atoms with E-state index in [0.717, 1.165) is 16.6 Å². The van der Waals surface area contributed by atoms with Crippen LogP contribution in [0.2, 0.25) is 0 Å². The Hall–Kier alpha value is -0.410. The Bertz CT molecular complexity index is 444. The summed E-state index contributed by atoms with van der Waals surface area (Å²) in [7, 11) is 0. The lowest BCUT2D eigenvalue weighted by Gasteiger charge is -2.50. The maximum atomic E-state index is 13.7. The van der Waals surface area contributed by atoms with E-state index in [1.54, 1.807) is 12.1 Å². The first-order chi connectivity index (χ1) is 9.17. The van der Waals surface area contributed by atoms with E-state index in [1.165, 1.54) is 51.6 Å². The Labute approximate surface area is 123 Å². The van der Waals surface area contributed by atoms with Crippen molar-refractivity contribution >= 4 is 15.9 Å². The lowest BCUT2D eigenvalue weighted by Crippen LogP contribution is -2.55. The highest BCUT2D eigenvalue weighted by Crippen LogP contribution is 2.43. The van der Waals surface area contributed by atoms with E-state index in [4.69, 9.17) is 0 Å². The van der Waals surface area contributed by atoms with Crippen molar-refractivity contribution in [3.63, 3.8) is 0 Å².